The SMILES string of the molecule is COC(=O)c1ccc(N2CCN(C(=O)Nc3cccc(Cl)c3)CC2)cc1. The molecule has 1 N–H and O–H groups in total. The van der Waals surface area contributed by atoms with Gasteiger partial charge in [-0.05, 0) is 42.5 Å². The second kappa shape index (κ2) is 8.10. The molecule has 2 aromatic carbocycles. The van der Waals surface area contributed by atoms with Gasteiger partial charge in [-0.25, -0.2) is 9.59 Å². The zero-order valence-corrected chi connectivity index (χ0v) is 15.2. The molecule has 0 aliphatic carbocycles. The van der Waals surface area contributed by atoms with Crippen LogP contribution in [0.3, 0.4) is 0 Å². The highest BCUT2D eigenvalue weighted by Crippen LogP contribution is 2.19. The van der Waals surface area contributed by atoms with E-state index in [0.29, 0.717) is 29.4 Å². The Morgan fingerprint density at radius 2 is 1.73 bits per heavy atom. The molecule has 0 bridgehead atoms. The average Bonchev–Trinajstić information content (AvgIpc) is 2.67. The van der Waals surface area contributed by atoms with E-state index in [1.807, 2.05) is 18.2 Å². The molecule has 2 aromatic rings. The molecular weight excluding hydrogens is 354 g/mol. The van der Waals surface area contributed by atoms with Crippen molar-refractivity contribution in [3.05, 3.63) is 59.1 Å². The standard InChI is InChI=1S/C19H20ClN3O3/c1-26-18(24)14-5-7-17(8-6-14)22-9-11-23(12-10-22)19(25)21-16-4-2-3-15(20)13-16/h2-8,13H,9-12H2,1H3,(H,21,25). The van der Waals surface area contributed by atoms with Gasteiger partial charge in [-0.3, -0.25) is 0 Å². The number of piperazine rings is 1. The first-order chi connectivity index (χ1) is 12.6. The van der Waals surface area contributed by atoms with Gasteiger partial charge in [0.15, 0.2) is 0 Å². The van der Waals surface area contributed by atoms with Crippen LogP contribution in [0.25, 0.3) is 0 Å². The fraction of sp³-hybridized carbons (Fsp3) is 0.263. The number of carbonyl (C=O) groups is 2. The van der Waals surface area contributed by atoms with Gasteiger partial charge in [-0.15, -0.1) is 0 Å². The van der Waals surface area contributed by atoms with Gasteiger partial charge in [-0.1, -0.05) is 17.7 Å². The monoisotopic (exact) mass is 373 g/mol. The molecule has 0 spiro atoms. The fourth-order valence-electron chi connectivity index (χ4n) is 2.86. The number of urea groups is 1. The van der Waals surface area contributed by atoms with Crippen LogP contribution < -0.4 is 10.2 Å². The normalized spacial score (nSPS) is 14.1. The second-order valence-corrected chi connectivity index (χ2v) is 6.39. The number of anilines is 2. The lowest BCUT2D eigenvalue weighted by Gasteiger charge is -2.36. The highest BCUT2D eigenvalue weighted by molar-refractivity contribution is 6.30. The van der Waals surface area contributed by atoms with Gasteiger partial charge < -0.3 is 19.9 Å². The number of ether oxygens (including phenoxy) is 1. The van der Waals surface area contributed by atoms with Crippen molar-refractivity contribution >= 4 is 35.0 Å². The fourth-order valence-corrected chi connectivity index (χ4v) is 3.05. The summed E-state index contributed by atoms with van der Waals surface area (Å²) in [5, 5.41) is 3.45. The van der Waals surface area contributed by atoms with E-state index < -0.39 is 0 Å². The average molecular weight is 374 g/mol. The van der Waals surface area contributed by atoms with Crippen molar-refractivity contribution in [3.63, 3.8) is 0 Å². The van der Waals surface area contributed by atoms with Crippen molar-refractivity contribution in [1.82, 2.24) is 4.90 Å². The van der Waals surface area contributed by atoms with E-state index in [9.17, 15) is 9.59 Å². The molecule has 2 amide bonds. The van der Waals surface area contributed by atoms with Crippen molar-refractivity contribution in [2.24, 2.45) is 0 Å². The molecule has 1 aliphatic rings. The number of nitrogens with one attached hydrogen (secondary N) is 1. The van der Waals surface area contributed by atoms with Crippen LogP contribution in [0, 0.1) is 0 Å². The van der Waals surface area contributed by atoms with E-state index in [0.717, 1.165) is 18.8 Å². The number of nitrogens with zero attached hydrogens (tertiary/aromatic N) is 2. The number of methoxy groups -OCH3 is 1. The van der Waals surface area contributed by atoms with Crippen molar-refractivity contribution in [2.45, 2.75) is 0 Å². The molecule has 0 atom stereocenters. The lowest BCUT2D eigenvalue weighted by atomic mass is 10.2. The Bertz CT molecular complexity index is 787. The molecule has 1 saturated heterocycles. The predicted molar refractivity (Wildman–Crippen MR) is 102 cm³/mol. The van der Waals surface area contributed by atoms with Crippen LogP contribution in [0.1, 0.15) is 10.4 Å². The van der Waals surface area contributed by atoms with Crippen LogP contribution >= 0.6 is 11.6 Å². The maximum Gasteiger partial charge on any atom is 0.337 e. The summed E-state index contributed by atoms with van der Waals surface area (Å²) in [6.45, 7) is 2.68. The lowest BCUT2D eigenvalue weighted by Crippen LogP contribution is -2.50. The van der Waals surface area contributed by atoms with Gasteiger partial charge in [0.1, 0.15) is 0 Å². The van der Waals surface area contributed by atoms with E-state index in [4.69, 9.17) is 16.3 Å². The van der Waals surface area contributed by atoms with Crippen LogP contribution in [0.4, 0.5) is 16.2 Å². The van der Waals surface area contributed by atoms with Gasteiger partial charge >= 0.3 is 12.0 Å². The summed E-state index contributed by atoms with van der Waals surface area (Å²) in [4.78, 5) is 27.8. The van der Waals surface area contributed by atoms with Crippen LogP contribution in [0.5, 0.6) is 0 Å². The van der Waals surface area contributed by atoms with Crippen LogP contribution in [-0.4, -0.2) is 50.2 Å². The van der Waals surface area contributed by atoms with Gasteiger partial charge in [0, 0.05) is 42.6 Å². The number of esters is 1. The molecule has 1 fully saturated rings. The number of carbonyl (C=O) groups excluding carboxylic acids is 2. The quantitative estimate of drug-likeness (QED) is 0.837. The minimum absolute atomic E-state index is 0.132. The van der Waals surface area contributed by atoms with Crippen molar-refractivity contribution in [2.75, 3.05) is 43.5 Å². The van der Waals surface area contributed by atoms with Gasteiger partial charge in [0.05, 0.1) is 12.7 Å². The molecule has 136 valence electrons. The molecule has 0 aromatic heterocycles. The molecule has 1 aliphatic heterocycles. The zero-order chi connectivity index (χ0) is 18.5. The van der Waals surface area contributed by atoms with E-state index in [1.165, 1.54) is 7.11 Å². The number of hydrogen-bond donors (Lipinski definition) is 1. The van der Waals surface area contributed by atoms with Crippen LogP contribution in [0.2, 0.25) is 5.02 Å². The van der Waals surface area contributed by atoms with Gasteiger partial charge in [0.25, 0.3) is 0 Å². The third kappa shape index (κ3) is 4.26. The Kier molecular flexibility index (Phi) is 5.63. The highest BCUT2D eigenvalue weighted by Gasteiger charge is 2.21. The Morgan fingerprint density at radius 1 is 1.04 bits per heavy atom. The van der Waals surface area contributed by atoms with Crippen molar-refractivity contribution in [3.8, 4) is 0 Å². The Hall–Kier alpha value is -2.73. The summed E-state index contributed by atoms with van der Waals surface area (Å²) in [6, 6.07) is 14.3. The summed E-state index contributed by atoms with van der Waals surface area (Å²) in [5.41, 5.74) is 2.23. The summed E-state index contributed by atoms with van der Waals surface area (Å²) in [6.07, 6.45) is 0. The number of rotatable bonds is 3. The lowest BCUT2D eigenvalue weighted by molar-refractivity contribution is 0.0600. The first-order valence-electron chi connectivity index (χ1n) is 8.31. The molecule has 3 rings (SSSR count). The van der Waals surface area contributed by atoms with Crippen LogP contribution in [0.15, 0.2) is 48.5 Å². The topological polar surface area (TPSA) is 61.9 Å². The molecule has 1 heterocycles. The molecule has 0 radical (unpaired) electrons. The third-order valence-electron chi connectivity index (χ3n) is 4.30. The maximum absolute atomic E-state index is 12.4. The molecule has 6 nitrogen and oxygen atoms in total. The number of halogens is 1. The Balaban J connectivity index is 1.55. The number of benzene rings is 2. The summed E-state index contributed by atoms with van der Waals surface area (Å²) < 4.78 is 4.71. The predicted octanol–water partition coefficient (Wildman–Crippen LogP) is 3.48. The largest absolute Gasteiger partial charge is 0.465 e. The number of amides is 2. The van der Waals surface area contributed by atoms with E-state index in [2.05, 4.69) is 10.2 Å². The second-order valence-electron chi connectivity index (χ2n) is 5.95. The first-order valence-corrected chi connectivity index (χ1v) is 8.69. The van der Waals surface area contributed by atoms with Crippen molar-refractivity contribution < 1.29 is 14.3 Å². The molecule has 26 heavy (non-hydrogen) atoms. The van der Waals surface area contributed by atoms with E-state index in [-0.39, 0.29) is 12.0 Å². The summed E-state index contributed by atoms with van der Waals surface area (Å²) in [5.74, 6) is -0.348. The minimum Gasteiger partial charge on any atom is -0.465 e. The highest BCUT2D eigenvalue weighted by atomic mass is 35.5. The molecular formula is C19H20ClN3O3. The van der Waals surface area contributed by atoms with E-state index in [1.54, 1.807) is 35.2 Å². The number of hydrogen-bond acceptors (Lipinski definition) is 4. The Morgan fingerprint density at radius 3 is 2.35 bits per heavy atom. The molecule has 0 unspecified atom stereocenters. The van der Waals surface area contributed by atoms with Crippen molar-refractivity contribution in [1.29, 1.82) is 0 Å². The van der Waals surface area contributed by atoms with Gasteiger partial charge in [0.2, 0.25) is 0 Å². The van der Waals surface area contributed by atoms with Gasteiger partial charge in [-0.2, -0.15) is 0 Å². The first kappa shape index (κ1) is 18.1. The van der Waals surface area contributed by atoms with E-state index >= 15 is 0 Å². The summed E-state index contributed by atoms with van der Waals surface area (Å²) >= 11 is 5.94. The zero-order valence-electron chi connectivity index (χ0n) is 14.4. The molecule has 0 saturated carbocycles. The third-order valence-corrected chi connectivity index (χ3v) is 4.53. The smallest absolute Gasteiger partial charge is 0.337 e. The minimum atomic E-state index is -0.348. The molecule has 7 heteroatoms. The maximum atomic E-state index is 12.4. The van der Waals surface area contributed by atoms with Crippen LogP contribution in [-0.2, 0) is 4.74 Å². The summed E-state index contributed by atoms with van der Waals surface area (Å²) in [7, 11) is 1.36. The Labute approximate surface area is 157 Å².